The summed E-state index contributed by atoms with van der Waals surface area (Å²) in [6.07, 6.45) is 0. The highest BCUT2D eigenvalue weighted by atomic mass is 16.2. The monoisotopic (exact) mass is 292 g/mol. The third-order valence-corrected chi connectivity index (χ3v) is 3.96. The largest absolute Gasteiger partial charge is 0.306 e. The number of hydrogen-bond donors (Lipinski definition) is 2. The molecule has 0 spiro atoms. The molecule has 0 aliphatic carbocycles. The molecular weight excluding hydrogens is 276 g/mol. The molecule has 2 aliphatic heterocycles. The van der Waals surface area contributed by atoms with Gasteiger partial charge in [0.25, 0.3) is 5.91 Å². The number of hydrogen-bond acceptors (Lipinski definition) is 4. The first-order chi connectivity index (χ1) is 10.8. The number of amides is 1. The molecule has 5 nitrogen and oxygen atoms in total. The van der Waals surface area contributed by atoms with E-state index in [9.17, 15) is 4.79 Å². The van der Waals surface area contributed by atoms with Crippen LogP contribution in [0.4, 0.5) is 11.4 Å². The van der Waals surface area contributed by atoms with Gasteiger partial charge in [0.2, 0.25) is 0 Å². The Labute approximate surface area is 128 Å². The average molecular weight is 292 g/mol. The second-order valence-electron chi connectivity index (χ2n) is 5.38. The van der Waals surface area contributed by atoms with Crippen molar-refractivity contribution in [2.24, 2.45) is 0 Å². The van der Waals surface area contributed by atoms with Crippen molar-refractivity contribution < 1.29 is 4.79 Å². The third-order valence-electron chi connectivity index (χ3n) is 3.96. The average Bonchev–Trinajstić information content (AvgIpc) is 2.83. The van der Waals surface area contributed by atoms with Crippen molar-refractivity contribution in [3.8, 4) is 0 Å². The van der Waals surface area contributed by atoms with Crippen LogP contribution in [0, 0.1) is 0 Å². The van der Waals surface area contributed by atoms with Crippen molar-refractivity contribution in [2.45, 2.75) is 6.92 Å². The van der Waals surface area contributed by atoms with Crippen molar-refractivity contribution >= 4 is 23.0 Å². The fourth-order valence-electron chi connectivity index (χ4n) is 3.00. The van der Waals surface area contributed by atoms with Gasteiger partial charge in [-0.3, -0.25) is 14.7 Å². The number of para-hydroxylation sites is 2. The Bertz CT molecular complexity index is 769. The van der Waals surface area contributed by atoms with Crippen LogP contribution in [-0.4, -0.2) is 17.5 Å². The number of fused-ring (bicyclic) bond motifs is 3. The lowest BCUT2D eigenvalue weighted by atomic mass is 10.1. The Morgan fingerprint density at radius 1 is 1.00 bits per heavy atom. The molecular formula is C17H16N4O. The molecule has 2 aromatic carbocycles. The first kappa shape index (κ1) is 12.9. The van der Waals surface area contributed by atoms with Gasteiger partial charge in [0, 0.05) is 11.3 Å². The van der Waals surface area contributed by atoms with Gasteiger partial charge in [0.05, 0.1) is 17.1 Å². The van der Waals surface area contributed by atoms with Crippen LogP contribution in [0.1, 0.15) is 12.5 Å². The van der Waals surface area contributed by atoms with Crippen LogP contribution in [0.2, 0.25) is 0 Å². The predicted octanol–water partition coefficient (Wildman–Crippen LogP) is 2.38. The molecule has 2 aromatic rings. The van der Waals surface area contributed by atoms with Gasteiger partial charge in [-0.2, -0.15) is 0 Å². The van der Waals surface area contributed by atoms with Crippen LogP contribution in [-0.2, 0) is 4.79 Å². The van der Waals surface area contributed by atoms with E-state index in [1.165, 1.54) is 0 Å². The number of carbonyl (C=O) groups is 1. The zero-order valence-electron chi connectivity index (χ0n) is 12.2. The summed E-state index contributed by atoms with van der Waals surface area (Å²) >= 11 is 0. The van der Waals surface area contributed by atoms with Crippen LogP contribution in [0.25, 0.3) is 5.70 Å². The van der Waals surface area contributed by atoms with E-state index in [2.05, 4.69) is 11.0 Å². The van der Waals surface area contributed by atoms with Gasteiger partial charge < -0.3 is 5.43 Å². The van der Waals surface area contributed by atoms with Crippen LogP contribution in [0.5, 0.6) is 0 Å². The van der Waals surface area contributed by atoms with Gasteiger partial charge in [0.1, 0.15) is 6.54 Å². The summed E-state index contributed by atoms with van der Waals surface area (Å²) < 4.78 is 0. The molecule has 2 aliphatic rings. The Morgan fingerprint density at radius 2 is 1.73 bits per heavy atom. The summed E-state index contributed by atoms with van der Waals surface area (Å²) in [6.45, 7) is 2.27. The normalized spacial score (nSPS) is 17.0. The molecule has 0 atom stereocenters. The highest BCUT2D eigenvalue weighted by Gasteiger charge is 2.33. The zero-order valence-corrected chi connectivity index (χ0v) is 12.2. The Kier molecular flexibility index (Phi) is 2.87. The number of nitrogens with zero attached hydrogens (tertiary/aromatic N) is 2. The van der Waals surface area contributed by atoms with E-state index < -0.39 is 0 Å². The summed E-state index contributed by atoms with van der Waals surface area (Å²) in [6, 6.07) is 17.7. The summed E-state index contributed by atoms with van der Waals surface area (Å²) in [5.74, 6) is 0.0256. The maximum atomic E-state index is 12.8. The first-order valence-electron chi connectivity index (χ1n) is 7.23. The summed E-state index contributed by atoms with van der Waals surface area (Å²) in [4.78, 5) is 14.6. The van der Waals surface area contributed by atoms with E-state index in [0.29, 0.717) is 0 Å². The highest BCUT2D eigenvalue weighted by Crippen LogP contribution is 2.38. The minimum atomic E-state index is 0.0256. The quantitative estimate of drug-likeness (QED) is 0.847. The van der Waals surface area contributed by atoms with Crippen LogP contribution >= 0.6 is 0 Å². The van der Waals surface area contributed by atoms with E-state index in [1.807, 2.05) is 66.5 Å². The van der Waals surface area contributed by atoms with Gasteiger partial charge in [-0.1, -0.05) is 36.4 Å². The van der Waals surface area contributed by atoms with Crippen LogP contribution in [0.3, 0.4) is 0 Å². The molecule has 0 unspecified atom stereocenters. The van der Waals surface area contributed by atoms with Crippen LogP contribution in [0.15, 0.2) is 60.3 Å². The van der Waals surface area contributed by atoms with Gasteiger partial charge in [-0.05, 0) is 25.1 Å². The maximum Gasteiger partial charge on any atom is 0.252 e. The van der Waals surface area contributed by atoms with Crippen molar-refractivity contribution in [2.75, 3.05) is 11.4 Å². The van der Waals surface area contributed by atoms with E-state index in [0.717, 1.165) is 28.3 Å². The van der Waals surface area contributed by atoms with E-state index in [-0.39, 0.29) is 12.5 Å². The Balaban J connectivity index is 1.95. The third kappa shape index (κ3) is 1.87. The summed E-state index contributed by atoms with van der Waals surface area (Å²) in [5.41, 5.74) is 11.0. The van der Waals surface area contributed by atoms with E-state index in [1.54, 1.807) is 4.90 Å². The fourth-order valence-corrected chi connectivity index (χ4v) is 3.00. The number of anilines is 2. The smallest absolute Gasteiger partial charge is 0.252 e. The SMILES string of the molecule is CC1=C2c3ccccc3N(c3ccccc3)C(=O)CN2NN1. The summed E-state index contributed by atoms with van der Waals surface area (Å²) in [5, 5.41) is 1.86. The highest BCUT2D eigenvalue weighted by molar-refractivity contribution is 6.06. The van der Waals surface area contributed by atoms with Gasteiger partial charge in [-0.25, -0.2) is 0 Å². The number of rotatable bonds is 1. The first-order valence-corrected chi connectivity index (χ1v) is 7.23. The number of allylic oxidation sites excluding steroid dienone is 1. The van der Waals surface area contributed by atoms with Gasteiger partial charge in [0.15, 0.2) is 0 Å². The zero-order chi connectivity index (χ0) is 15.1. The lowest BCUT2D eigenvalue weighted by Gasteiger charge is -2.23. The molecule has 1 amide bonds. The molecule has 0 radical (unpaired) electrons. The van der Waals surface area contributed by atoms with Crippen LogP contribution < -0.4 is 15.9 Å². The molecule has 22 heavy (non-hydrogen) atoms. The van der Waals surface area contributed by atoms with Crippen molar-refractivity contribution in [3.63, 3.8) is 0 Å². The molecule has 0 bridgehead atoms. The molecule has 0 aromatic heterocycles. The molecule has 110 valence electrons. The second-order valence-corrected chi connectivity index (χ2v) is 5.38. The van der Waals surface area contributed by atoms with Crippen molar-refractivity contribution in [1.29, 1.82) is 0 Å². The Morgan fingerprint density at radius 3 is 2.55 bits per heavy atom. The lowest BCUT2D eigenvalue weighted by Crippen LogP contribution is -2.42. The standard InChI is InChI=1S/C17H16N4O/c1-12-17-14-9-5-6-10-15(14)21(13-7-3-2-4-8-13)16(22)11-20(17)19-18-12/h2-10,18-19H,11H2,1H3. The summed E-state index contributed by atoms with van der Waals surface area (Å²) in [7, 11) is 0. The lowest BCUT2D eigenvalue weighted by molar-refractivity contribution is -0.118. The molecule has 5 heteroatoms. The van der Waals surface area contributed by atoms with Crippen molar-refractivity contribution in [1.82, 2.24) is 16.0 Å². The van der Waals surface area contributed by atoms with Gasteiger partial charge in [-0.15, -0.1) is 5.53 Å². The van der Waals surface area contributed by atoms with E-state index >= 15 is 0 Å². The maximum absolute atomic E-state index is 12.8. The molecule has 4 rings (SSSR count). The number of nitrogens with one attached hydrogen (secondary N) is 2. The minimum absolute atomic E-state index is 0.0256. The topological polar surface area (TPSA) is 47.6 Å². The van der Waals surface area contributed by atoms with Gasteiger partial charge >= 0.3 is 0 Å². The molecule has 2 heterocycles. The van der Waals surface area contributed by atoms with E-state index in [4.69, 9.17) is 0 Å². The number of carbonyl (C=O) groups excluding carboxylic acids is 1. The molecule has 0 fully saturated rings. The minimum Gasteiger partial charge on any atom is -0.306 e. The second kappa shape index (κ2) is 4.89. The molecule has 0 saturated carbocycles. The predicted molar refractivity (Wildman–Crippen MR) is 85.6 cm³/mol. The Hall–Kier alpha value is -2.79. The fraction of sp³-hybridized carbons (Fsp3) is 0.118. The van der Waals surface area contributed by atoms with Crippen molar-refractivity contribution in [3.05, 3.63) is 65.9 Å². The number of hydrazine groups is 2. The molecule has 2 N–H and O–H groups in total. The number of benzene rings is 2. The molecule has 0 saturated heterocycles.